The van der Waals surface area contributed by atoms with Crippen LogP contribution >= 0.6 is 0 Å². The van der Waals surface area contributed by atoms with Crippen LogP contribution in [0.3, 0.4) is 0 Å². The summed E-state index contributed by atoms with van der Waals surface area (Å²) in [6, 6.07) is 17.6. The van der Waals surface area contributed by atoms with Crippen LogP contribution in [0, 0.1) is 6.92 Å². The van der Waals surface area contributed by atoms with Crippen LogP contribution in [0.4, 0.5) is 18.9 Å². The van der Waals surface area contributed by atoms with E-state index >= 15 is 0 Å². The van der Waals surface area contributed by atoms with Crippen LogP contribution in [0.2, 0.25) is 0 Å². The number of alkyl halides is 3. The number of ketones is 1. The molecular formula is C33H34F3N3O5. The molecule has 0 radical (unpaired) electrons. The molecule has 1 aromatic heterocycles. The Morgan fingerprint density at radius 3 is 2.20 bits per heavy atom. The molecule has 44 heavy (non-hydrogen) atoms. The predicted octanol–water partition coefficient (Wildman–Crippen LogP) is 5.58. The Morgan fingerprint density at radius 2 is 1.55 bits per heavy atom. The monoisotopic (exact) mass is 609 g/mol. The second-order valence-electron chi connectivity index (χ2n) is 10.6. The highest BCUT2D eigenvalue weighted by Crippen LogP contribution is 2.33. The number of hydrogen-bond donors (Lipinski definition) is 0. The number of hydrogen-bond acceptors (Lipinski definition) is 7. The first kappa shape index (κ1) is 30.9. The third kappa shape index (κ3) is 6.67. The van der Waals surface area contributed by atoms with Crippen molar-refractivity contribution in [2.45, 2.75) is 19.6 Å². The summed E-state index contributed by atoms with van der Waals surface area (Å²) in [5, 5.41) is 0.704. The molecule has 0 aliphatic carbocycles. The Balaban J connectivity index is 1.22. The second kappa shape index (κ2) is 13.0. The van der Waals surface area contributed by atoms with Crippen molar-refractivity contribution in [1.29, 1.82) is 0 Å². The summed E-state index contributed by atoms with van der Waals surface area (Å²) in [5.74, 6) is 0.624. The lowest BCUT2D eigenvalue weighted by Gasteiger charge is -2.36. The van der Waals surface area contributed by atoms with Gasteiger partial charge >= 0.3 is 12.1 Å². The number of aromatic nitrogens is 1. The molecule has 3 aromatic carbocycles. The molecule has 8 nitrogen and oxygen atoms in total. The molecule has 1 aliphatic heterocycles. The van der Waals surface area contributed by atoms with Crippen LogP contribution in [0.25, 0.3) is 10.9 Å². The van der Waals surface area contributed by atoms with Crippen LogP contribution in [-0.2, 0) is 22.3 Å². The Hall–Kier alpha value is -4.51. The zero-order valence-electron chi connectivity index (χ0n) is 24.8. The van der Waals surface area contributed by atoms with E-state index in [0.717, 1.165) is 6.07 Å². The smallest absolute Gasteiger partial charge is 0.416 e. The largest absolute Gasteiger partial charge is 0.497 e. The van der Waals surface area contributed by atoms with Gasteiger partial charge in [0.25, 0.3) is 0 Å². The summed E-state index contributed by atoms with van der Waals surface area (Å²) in [6.07, 6.45) is -4.38. The molecule has 5 rings (SSSR count). The minimum Gasteiger partial charge on any atom is -0.497 e. The average molecular weight is 610 g/mol. The lowest BCUT2D eigenvalue weighted by atomic mass is 10.0. The van der Waals surface area contributed by atoms with Gasteiger partial charge < -0.3 is 23.7 Å². The van der Waals surface area contributed by atoms with Crippen molar-refractivity contribution in [3.8, 4) is 11.5 Å². The SMILES string of the molecule is COc1ccc(C(=O)c2c(C)n(CC(=O)OCCN3CCN(c4cccc(C(F)(F)F)c4)CC3)c3cc(OC)ccc23)cc1. The highest BCUT2D eigenvalue weighted by atomic mass is 19.4. The topological polar surface area (TPSA) is 73.2 Å². The van der Waals surface area contributed by atoms with Gasteiger partial charge in [-0.1, -0.05) is 6.07 Å². The maximum Gasteiger partial charge on any atom is 0.416 e. The van der Waals surface area contributed by atoms with Crippen molar-refractivity contribution >= 4 is 28.3 Å². The van der Waals surface area contributed by atoms with E-state index in [4.69, 9.17) is 14.2 Å². The number of carbonyl (C=O) groups is 2. The normalized spacial score (nSPS) is 14.1. The van der Waals surface area contributed by atoms with Gasteiger partial charge in [0, 0.05) is 61.1 Å². The van der Waals surface area contributed by atoms with E-state index in [1.54, 1.807) is 68.2 Å². The molecule has 0 spiro atoms. The number of methoxy groups -OCH3 is 2. The third-order valence-corrected chi connectivity index (χ3v) is 7.98. The molecule has 1 fully saturated rings. The summed E-state index contributed by atoms with van der Waals surface area (Å²) in [6.45, 7) is 4.78. The minimum atomic E-state index is -4.38. The first-order valence-electron chi connectivity index (χ1n) is 14.2. The molecule has 0 amide bonds. The summed E-state index contributed by atoms with van der Waals surface area (Å²) >= 11 is 0. The fraction of sp³-hybridized carbons (Fsp3) is 0.333. The molecule has 1 saturated heterocycles. The van der Waals surface area contributed by atoms with Crippen LogP contribution in [0.5, 0.6) is 11.5 Å². The highest BCUT2D eigenvalue weighted by molar-refractivity contribution is 6.17. The summed E-state index contributed by atoms with van der Waals surface area (Å²) in [7, 11) is 3.12. The van der Waals surface area contributed by atoms with Gasteiger partial charge in [-0.2, -0.15) is 13.2 Å². The second-order valence-corrected chi connectivity index (χ2v) is 10.6. The number of fused-ring (bicyclic) bond motifs is 1. The van der Waals surface area contributed by atoms with Gasteiger partial charge in [-0.25, -0.2) is 0 Å². The molecule has 1 aliphatic rings. The lowest BCUT2D eigenvalue weighted by Crippen LogP contribution is -2.47. The average Bonchev–Trinajstić information content (AvgIpc) is 3.30. The minimum absolute atomic E-state index is 0.0886. The first-order chi connectivity index (χ1) is 21.1. The molecule has 232 valence electrons. The molecule has 11 heteroatoms. The van der Waals surface area contributed by atoms with Gasteiger partial charge in [-0.15, -0.1) is 0 Å². The van der Waals surface area contributed by atoms with Gasteiger partial charge in [-0.3, -0.25) is 14.5 Å². The predicted molar refractivity (Wildman–Crippen MR) is 161 cm³/mol. The quantitative estimate of drug-likeness (QED) is 0.172. The van der Waals surface area contributed by atoms with Gasteiger partial charge in [0.15, 0.2) is 5.78 Å². The fourth-order valence-corrected chi connectivity index (χ4v) is 5.53. The van der Waals surface area contributed by atoms with Crippen LogP contribution in [-0.4, -0.2) is 74.8 Å². The molecule has 0 bridgehead atoms. The number of halogens is 3. The lowest BCUT2D eigenvalue weighted by molar-refractivity contribution is -0.144. The molecule has 4 aromatic rings. The molecule has 0 unspecified atom stereocenters. The van der Waals surface area contributed by atoms with Crippen molar-refractivity contribution in [3.05, 3.63) is 89.1 Å². The highest BCUT2D eigenvalue weighted by Gasteiger charge is 2.31. The van der Waals surface area contributed by atoms with Gasteiger partial charge in [0.1, 0.15) is 24.7 Å². The van der Waals surface area contributed by atoms with E-state index in [1.807, 2.05) is 11.0 Å². The Bertz CT molecular complexity index is 1640. The molecule has 0 saturated carbocycles. The number of anilines is 1. The van der Waals surface area contributed by atoms with Gasteiger partial charge in [0.2, 0.25) is 0 Å². The number of rotatable bonds is 10. The van der Waals surface area contributed by atoms with E-state index in [0.29, 0.717) is 77.6 Å². The van der Waals surface area contributed by atoms with Crippen molar-refractivity contribution in [1.82, 2.24) is 9.47 Å². The maximum absolute atomic E-state index is 13.6. The molecular weight excluding hydrogens is 575 g/mol. The molecule has 0 atom stereocenters. The zero-order chi connectivity index (χ0) is 31.4. The van der Waals surface area contributed by atoms with E-state index in [2.05, 4.69) is 4.90 Å². The Labute approximate surface area is 253 Å². The summed E-state index contributed by atoms with van der Waals surface area (Å²) < 4.78 is 57.3. The zero-order valence-corrected chi connectivity index (χ0v) is 24.8. The molecule has 2 heterocycles. The Kier molecular flexibility index (Phi) is 9.14. The maximum atomic E-state index is 13.6. The number of ether oxygens (including phenoxy) is 3. The molecule has 0 N–H and O–H groups in total. The van der Waals surface area contributed by atoms with E-state index in [9.17, 15) is 22.8 Å². The summed E-state index contributed by atoms with van der Waals surface area (Å²) in [5.41, 5.74) is 2.20. The van der Waals surface area contributed by atoms with Crippen molar-refractivity contribution < 1.29 is 37.0 Å². The third-order valence-electron chi connectivity index (χ3n) is 7.98. The van der Waals surface area contributed by atoms with Crippen molar-refractivity contribution in [3.63, 3.8) is 0 Å². The van der Waals surface area contributed by atoms with E-state index in [-0.39, 0.29) is 18.9 Å². The number of esters is 1. The number of nitrogens with zero attached hydrogens (tertiary/aromatic N) is 3. The van der Waals surface area contributed by atoms with Crippen molar-refractivity contribution in [2.24, 2.45) is 0 Å². The fourth-order valence-electron chi connectivity index (χ4n) is 5.53. The summed E-state index contributed by atoms with van der Waals surface area (Å²) in [4.78, 5) is 30.6. The van der Waals surface area contributed by atoms with E-state index < -0.39 is 17.7 Å². The standard InChI is InChI=1S/C33H34F3N3O5/c1-22-31(32(41)23-7-9-26(42-2)10-8-23)28-12-11-27(43-3)20-29(28)39(22)21-30(40)44-18-17-37-13-15-38(16-14-37)25-6-4-5-24(19-25)33(34,35)36/h4-12,19-20H,13-18,21H2,1-3H3. The Morgan fingerprint density at radius 1 is 0.864 bits per heavy atom. The number of carbonyl (C=O) groups excluding carboxylic acids is 2. The number of piperazine rings is 1. The van der Waals surface area contributed by atoms with Gasteiger partial charge in [-0.05, 0) is 61.5 Å². The van der Waals surface area contributed by atoms with Gasteiger partial charge in [0.05, 0.1) is 30.9 Å². The van der Waals surface area contributed by atoms with E-state index in [1.165, 1.54) is 12.1 Å². The van der Waals surface area contributed by atoms with Crippen molar-refractivity contribution in [2.75, 3.05) is 58.5 Å². The van der Waals surface area contributed by atoms with Crippen LogP contribution in [0.1, 0.15) is 27.2 Å². The number of benzene rings is 3. The first-order valence-corrected chi connectivity index (χ1v) is 14.2. The van der Waals surface area contributed by atoms with Crippen LogP contribution in [0.15, 0.2) is 66.7 Å². The van der Waals surface area contributed by atoms with Crippen LogP contribution < -0.4 is 14.4 Å².